The number of rotatable bonds is 3. The quantitative estimate of drug-likeness (QED) is 0.318. The van der Waals surface area contributed by atoms with Crippen molar-refractivity contribution in [2.24, 2.45) is 10.8 Å². The maximum absolute atomic E-state index is 5.62. The molecule has 0 aromatic heterocycles. The second-order valence-electron chi connectivity index (χ2n) is 4.47. The van der Waals surface area contributed by atoms with Crippen molar-refractivity contribution >= 4 is 5.96 Å². The van der Waals surface area contributed by atoms with Crippen molar-refractivity contribution in [2.45, 2.75) is 44.8 Å². The first kappa shape index (κ1) is 11.7. The number of nitrogens with two attached hydrogens (primary N) is 1. The van der Waals surface area contributed by atoms with Crippen molar-refractivity contribution < 1.29 is 4.74 Å². The van der Waals surface area contributed by atoms with Crippen molar-refractivity contribution in [1.82, 2.24) is 10.3 Å². The normalized spacial score (nSPS) is 23.6. The summed E-state index contributed by atoms with van der Waals surface area (Å²) < 4.78 is 5.62. The van der Waals surface area contributed by atoms with Crippen LogP contribution in [-0.2, 0) is 4.74 Å². The van der Waals surface area contributed by atoms with E-state index in [1.54, 1.807) is 0 Å². The van der Waals surface area contributed by atoms with Gasteiger partial charge in [-0.1, -0.05) is 0 Å². The highest BCUT2D eigenvalue weighted by Crippen LogP contribution is 2.24. The third kappa shape index (κ3) is 3.09. The molecule has 5 nitrogen and oxygen atoms in total. The van der Waals surface area contributed by atoms with Gasteiger partial charge in [-0.15, -0.1) is 0 Å². The van der Waals surface area contributed by atoms with Crippen LogP contribution in [0, 0.1) is 0 Å². The first-order valence-electron chi connectivity index (χ1n) is 6.24. The third-order valence-corrected chi connectivity index (χ3v) is 3.12. The van der Waals surface area contributed by atoms with E-state index >= 15 is 0 Å². The molecule has 0 atom stereocenters. The van der Waals surface area contributed by atoms with E-state index in [1.165, 1.54) is 12.8 Å². The molecule has 2 aliphatic rings. The van der Waals surface area contributed by atoms with Crippen LogP contribution in [0.4, 0.5) is 0 Å². The Morgan fingerprint density at radius 1 is 1.38 bits per heavy atom. The largest absolute Gasteiger partial charge is 0.378 e. The zero-order chi connectivity index (χ0) is 11.4. The Hall–Kier alpha value is -0.810. The van der Waals surface area contributed by atoms with Crippen molar-refractivity contribution in [3.63, 3.8) is 0 Å². The number of nitrogens with zero attached hydrogens (tertiary/aromatic N) is 2. The summed E-state index contributed by atoms with van der Waals surface area (Å²) in [6.45, 7) is 4.83. The molecule has 1 aliphatic heterocycles. The van der Waals surface area contributed by atoms with Crippen molar-refractivity contribution in [2.75, 3.05) is 19.7 Å². The number of piperidine rings is 1. The average Bonchev–Trinajstić information content (AvgIpc) is 3.11. The van der Waals surface area contributed by atoms with Crippen molar-refractivity contribution in [3.8, 4) is 0 Å². The lowest BCUT2D eigenvalue weighted by Gasteiger charge is -2.33. The molecule has 1 saturated heterocycles. The second-order valence-corrected chi connectivity index (χ2v) is 4.47. The molecule has 0 aromatic rings. The van der Waals surface area contributed by atoms with Crippen LogP contribution in [0.1, 0.15) is 32.6 Å². The van der Waals surface area contributed by atoms with Gasteiger partial charge in [0.05, 0.1) is 12.1 Å². The molecule has 1 saturated carbocycles. The van der Waals surface area contributed by atoms with E-state index in [2.05, 4.69) is 15.3 Å². The third-order valence-electron chi connectivity index (χ3n) is 3.12. The molecule has 0 spiro atoms. The van der Waals surface area contributed by atoms with Gasteiger partial charge in [-0.2, -0.15) is 0 Å². The Balaban J connectivity index is 1.82. The summed E-state index contributed by atoms with van der Waals surface area (Å²) in [6, 6.07) is 0.510. The standard InChI is InChI=1S/C11H22N4O/c1-2-16-10-5-7-15(8-6-10)11(14-12)13-9-3-4-9/h9-10H,2-8,12H2,1H3,(H,13,14). The van der Waals surface area contributed by atoms with Crippen LogP contribution < -0.4 is 11.3 Å². The number of hydrogen-bond acceptors (Lipinski definition) is 3. The summed E-state index contributed by atoms with van der Waals surface area (Å²) in [5, 5.41) is 0. The Labute approximate surface area is 97.0 Å². The lowest BCUT2D eigenvalue weighted by atomic mass is 10.1. The van der Waals surface area contributed by atoms with Gasteiger partial charge in [0.15, 0.2) is 0 Å². The summed E-state index contributed by atoms with van der Waals surface area (Å²) in [6.07, 6.45) is 4.97. The first-order chi connectivity index (χ1) is 7.83. The molecule has 0 unspecified atom stereocenters. The lowest BCUT2D eigenvalue weighted by Crippen LogP contribution is -2.49. The highest BCUT2D eigenvalue weighted by Gasteiger charge is 2.25. The number of aliphatic imine (C=N–C) groups is 1. The molecule has 16 heavy (non-hydrogen) atoms. The zero-order valence-corrected chi connectivity index (χ0v) is 9.98. The van der Waals surface area contributed by atoms with E-state index in [9.17, 15) is 0 Å². The minimum absolute atomic E-state index is 0.418. The predicted molar refractivity (Wildman–Crippen MR) is 64.0 cm³/mol. The fourth-order valence-corrected chi connectivity index (χ4v) is 2.06. The molecule has 3 N–H and O–H groups in total. The lowest BCUT2D eigenvalue weighted by molar-refractivity contribution is 0.0263. The number of guanidine groups is 1. The minimum atomic E-state index is 0.418. The molecular weight excluding hydrogens is 204 g/mol. The predicted octanol–water partition coefficient (Wildman–Crippen LogP) is 0.469. The maximum Gasteiger partial charge on any atom is 0.208 e. The molecule has 2 fully saturated rings. The van der Waals surface area contributed by atoms with E-state index in [0.29, 0.717) is 12.1 Å². The topological polar surface area (TPSA) is 62.9 Å². The van der Waals surface area contributed by atoms with Crippen LogP contribution in [0.2, 0.25) is 0 Å². The van der Waals surface area contributed by atoms with Gasteiger partial charge in [-0.05, 0) is 32.6 Å². The highest BCUT2D eigenvalue weighted by atomic mass is 16.5. The smallest absolute Gasteiger partial charge is 0.208 e. The molecular formula is C11H22N4O. The zero-order valence-electron chi connectivity index (χ0n) is 9.98. The molecule has 5 heteroatoms. The van der Waals surface area contributed by atoms with Gasteiger partial charge in [0.25, 0.3) is 0 Å². The van der Waals surface area contributed by atoms with Crippen molar-refractivity contribution in [3.05, 3.63) is 0 Å². The van der Waals surface area contributed by atoms with Gasteiger partial charge >= 0.3 is 0 Å². The average molecular weight is 226 g/mol. The number of nitrogens with one attached hydrogen (secondary N) is 1. The van der Waals surface area contributed by atoms with Crippen LogP contribution >= 0.6 is 0 Å². The van der Waals surface area contributed by atoms with Crippen LogP contribution in [0.3, 0.4) is 0 Å². The van der Waals surface area contributed by atoms with Crippen LogP contribution in [0.15, 0.2) is 4.99 Å². The van der Waals surface area contributed by atoms with Crippen LogP contribution in [0.25, 0.3) is 0 Å². The summed E-state index contributed by atoms with van der Waals surface area (Å²) in [7, 11) is 0. The van der Waals surface area contributed by atoms with Gasteiger partial charge in [-0.3, -0.25) is 5.43 Å². The van der Waals surface area contributed by atoms with Gasteiger partial charge in [0.2, 0.25) is 5.96 Å². The second kappa shape index (κ2) is 5.50. The van der Waals surface area contributed by atoms with Gasteiger partial charge < -0.3 is 9.64 Å². The Morgan fingerprint density at radius 3 is 2.56 bits per heavy atom. The van der Waals surface area contributed by atoms with Gasteiger partial charge in [-0.25, -0.2) is 10.8 Å². The molecule has 1 aliphatic carbocycles. The fourth-order valence-electron chi connectivity index (χ4n) is 2.06. The van der Waals surface area contributed by atoms with Crippen molar-refractivity contribution in [1.29, 1.82) is 0 Å². The Bertz CT molecular complexity index is 244. The van der Waals surface area contributed by atoms with Gasteiger partial charge in [0.1, 0.15) is 0 Å². The minimum Gasteiger partial charge on any atom is -0.378 e. The van der Waals surface area contributed by atoms with E-state index < -0.39 is 0 Å². The van der Waals surface area contributed by atoms with Crippen LogP contribution in [0.5, 0.6) is 0 Å². The molecule has 2 rings (SSSR count). The molecule has 1 heterocycles. The molecule has 0 amide bonds. The summed E-state index contributed by atoms with van der Waals surface area (Å²) in [5.74, 6) is 6.38. The molecule has 0 aromatic carbocycles. The molecule has 0 bridgehead atoms. The molecule has 0 radical (unpaired) electrons. The number of ether oxygens (including phenoxy) is 1. The van der Waals surface area contributed by atoms with E-state index in [4.69, 9.17) is 10.6 Å². The number of hydrazine groups is 1. The van der Waals surface area contributed by atoms with E-state index in [1.807, 2.05) is 6.92 Å². The highest BCUT2D eigenvalue weighted by molar-refractivity contribution is 5.79. The number of likely N-dealkylation sites (tertiary alicyclic amines) is 1. The SMILES string of the molecule is CCOC1CCN(C(=NC2CC2)NN)CC1. The Morgan fingerprint density at radius 2 is 2.06 bits per heavy atom. The van der Waals surface area contributed by atoms with Gasteiger partial charge in [0, 0.05) is 19.7 Å². The van der Waals surface area contributed by atoms with Crippen LogP contribution in [-0.4, -0.2) is 42.7 Å². The van der Waals surface area contributed by atoms with E-state index in [-0.39, 0.29) is 0 Å². The summed E-state index contributed by atoms with van der Waals surface area (Å²) in [5.41, 5.74) is 2.73. The maximum atomic E-state index is 5.62. The first-order valence-corrected chi connectivity index (χ1v) is 6.24. The summed E-state index contributed by atoms with van der Waals surface area (Å²) in [4.78, 5) is 6.80. The monoisotopic (exact) mass is 226 g/mol. The molecule has 92 valence electrons. The van der Waals surface area contributed by atoms with E-state index in [0.717, 1.165) is 38.5 Å². The number of hydrogen-bond donors (Lipinski definition) is 2. The fraction of sp³-hybridized carbons (Fsp3) is 0.909. The summed E-state index contributed by atoms with van der Waals surface area (Å²) >= 11 is 0. The Kier molecular flexibility index (Phi) is 4.01.